The van der Waals surface area contributed by atoms with Crippen LogP contribution in [0.3, 0.4) is 0 Å². The molecular formula is C2H6O5P+. The van der Waals surface area contributed by atoms with Gasteiger partial charge in [-0.1, -0.05) is 0 Å². The van der Waals surface area contributed by atoms with Crippen molar-refractivity contribution in [2.24, 2.45) is 0 Å². The van der Waals surface area contributed by atoms with E-state index in [1.165, 1.54) is 0 Å². The van der Waals surface area contributed by atoms with Crippen LogP contribution in [0.15, 0.2) is 0 Å². The summed E-state index contributed by atoms with van der Waals surface area (Å²) in [6.45, 7) is -0.329. The highest BCUT2D eigenvalue weighted by Crippen LogP contribution is 2.13. The highest BCUT2D eigenvalue weighted by molar-refractivity contribution is 7.31. The fourth-order valence-electron chi connectivity index (χ4n) is 0.120. The molecule has 48 valence electrons. The Kier molecular flexibility index (Phi) is 5.05. The molecule has 0 saturated heterocycles. The minimum absolute atomic E-state index is 0.0956. The number of rotatable bonds is 4. The second-order valence-corrected chi connectivity index (χ2v) is 1.48. The molecule has 0 aromatic heterocycles. The average Bonchev–Trinajstić information content (AvgIpc) is 1.66. The number of aliphatic hydroxyl groups excluding tert-OH is 1. The number of hydrogen-bond donors (Lipinski definition) is 2. The Bertz CT molecular complexity index is 72.8. The van der Waals surface area contributed by atoms with E-state index >= 15 is 0 Å². The molecule has 0 aromatic rings. The predicted octanol–water partition coefficient (Wildman–Crippen LogP) is -0.423. The molecule has 5 nitrogen and oxygen atoms in total. The van der Waals surface area contributed by atoms with Crippen molar-refractivity contribution in [2.75, 3.05) is 13.2 Å². The Labute approximate surface area is 46.7 Å². The van der Waals surface area contributed by atoms with E-state index in [1.54, 1.807) is 0 Å². The molecule has 0 radical (unpaired) electrons. The van der Waals surface area contributed by atoms with Crippen LogP contribution in [0.2, 0.25) is 0 Å². The van der Waals surface area contributed by atoms with Crippen LogP contribution in [0, 0.1) is 0 Å². The summed E-state index contributed by atoms with van der Waals surface area (Å²) in [4.78, 5) is 11.8. The maximum Gasteiger partial charge on any atom is 0.725 e. The largest absolute Gasteiger partial charge is 0.725 e. The molecule has 0 aliphatic rings. The summed E-state index contributed by atoms with van der Waals surface area (Å²) in [6, 6.07) is 0. The lowest BCUT2D eigenvalue weighted by molar-refractivity contribution is -0.213. The Morgan fingerprint density at radius 3 is 2.62 bits per heavy atom. The smallest absolute Gasteiger partial charge is 0.394 e. The summed E-state index contributed by atoms with van der Waals surface area (Å²) in [5.41, 5.74) is 0. The third kappa shape index (κ3) is 5.94. The Morgan fingerprint density at radius 1 is 1.62 bits per heavy atom. The minimum atomic E-state index is -2.70. The fourth-order valence-corrected chi connectivity index (χ4v) is 0.284. The van der Waals surface area contributed by atoms with Gasteiger partial charge in [-0.25, -0.2) is 0 Å². The second kappa shape index (κ2) is 5.08. The zero-order valence-electron chi connectivity index (χ0n) is 3.98. The molecule has 0 amide bonds. The Morgan fingerprint density at radius 2 is 2.25 bits per heavy atom. The highest BCUT2D eigenvalue weighted by Gasteiger charge is 2.11. The van der Waals surface area contributed by atoms with Crippen LogP contribution >= 0.6 is 8.25 Å². The molecule has 0 aliphatic heterocycles. The van der Waals surface area contributed by atoms with E-state index in [-0.39, 0.29) is 13.2 Å². The molecule has 0 fully saturated rings. The third-order valence-electron chi connectivity index (χ3n) is 0.291. The Balaban J connectivity index is 2.82. The molecule has 0 spiro atoms. The molecular weight excluding hydrogens is 135 g/mol. The normalized spacial score (nSPS) is 11.5. The molecule has 0 rings (SSSR count). The van der Waals surface area contributed by atoms with Crippen molar-refractivity contribution in [3.63, 3.8) is 0 Å². The van der Waals surface area contributed by atoms with E-state index in [2.05, 4.69) is 9.56 Å². The van der Waals surface area contributed by atoms with Crippen molar-refractivity contribution in [1.82, 2.24) is 0 Å². The van der Waals surface area contributed by atoms with Crippen LogP contribution in [0.4, 0.5) is 0 Å². The highest BCUT2D eigenvalue weighted by atomic mass is 31.1. The van der Waals surface area contributed by atoms with Gasteiger partial charge < -0.3 is 5.11 Å². The van der Waals surface area contributed by atoms with Gasteiger partial charge in [-0.2, -0.15) is 4.89 Å². The molecule has 0 heterocycles. The van der Waals surface area contributed by atoms with Gasteiger partial charge in [-0.3, -0.25) is 0 Å². The molecule has 2 N–H and O–H groups in total. The average molecular weight is 141 g/mol. The van der Waals surface area contributed by atoms with Gasteiger partial charge in [0.05, 0.1) is 11.3 Å². The van der Waals surface area contributed by atoms with Crippen molar-refractivity contribution in [3.8, 4) is 0 Å². The molecule has 0 aliphatic carbocycles. The first-order chi connectivity index (χ1) is 3.77. The van der Waals surface area contributed by atoms with Gasteiger partial charge in [0, 0.05) is 4.57 Å². The number of hydrogen-bond acceptors (Lipinski definition) is 4. The van der Waals surface area contributed by atoms with E-state index in [9.17, 15) is 4.57 Å². The van der Waals surface area contributed by atoms with E-state index in [0.717, 1.165) is 0 Å². The maximum atomic E-state index is 9.59. The molecule has 0 bridgehead atoms. The van der Waals surface area contributed by atoms with Crippen molar-refractivity contribution < 1.29 is 24.1 Å². The van der Waals surface area contributed by atoms with Crippen LogP contribution in [0.5, 0.6) is 0 Å². The van der Waals surface area contributed by atoms with Gasteiger partial charge in [-0.05, 0) is 0 Å². The van der Waals surface area contributed by atoms with Crippen molar-refractivity contribution in [3.05, 3.63) is 0 Å². The van der Waals surface area contributed by atoms with E-state index < -0.39 is 8.25 Å². The monoisotopic (exact) mass is 141 g/mol. The predicted molar refractivity (Wildman–Crippen MR) is 23.9 cm³/mol. The Hall–Kier alpha value is -0.0600. The number of aliphatic hydroxyl groups is 1. The molecule has 1 atom stereocenters. The summed E-state index contributed by atoms with van der Waals surface area (Å²) in [7, 11) is -2.70. The van der Waals surface area contributed by atoms with Crippen molar-refractivity contribution in [1.29, 1.82) is 0 Å². The van der Waals surface area contributed by atoms with Crippen LogP contribution in [-0.4, -0.2) is 23.2 Å². The topological polar surface area (TPSA) is 76.0 Å². The first-order valence-corrected chi connectivity index (χ1v) is 2.97. The van der Waals surface area contributed by atoms with Crippen LogP contribution in [0.25, 0.3) is 0 Å². The van der Waals surface area contributed by atoms with Gasteiger partial charge in [0.1, 0.15) is 6.61 Å². The first-order valence-electron chi connectivity index (χ1n) is 1.84. The molecule has 6 heteroatoms. The van der Waals surface area contributed by atoms with Crippen LogP contribution in [-0.2, 0) is 14.1 Å². The van der Waals surface area contributed by atoms with Crippen LogP contribution < -0.4 is 0 Å². The lowest BCUT2D eigenvalue weighted by Gasteiger charge is -1.84. The van der Waals surface area contributed by atoms with E-state index in [0.29, 0.717) is 0 Å². The molecule has 8 heavy (non-hydrogen) atoms. The van der Waals surface area contributed by atoms with Gasteiger partial charge >= 0.3 is 8.25 Å². The standard InChI is InChI=1S/C2H5O5P/c3-1-2-6-7-8(4)5/h3H,1-2H2/p+1. The van der Waals surface area contributed by atoms with Crippen LogP contribution in [0.1, 0.15) is 0 Å². The van der Waals surface area contributed by atoms with Crippen molar-refractivity contribution >= 4 is 8.25 Å². The summed E-state index contributed by atoms with van der Waals surface area (Å²) in [6.07, 6.45) is 0. The van der Waals surface area contributed by atoms with Crippen molar-refractivity contribution in [2.45, 2.75) is 0 Å². The first kappa shape index (κ1) is 7.94. The van der Waals surface area contributed by atoms with Gasteiger partial charge in [0.15, 0.2) is 0 Å². The van der Waals surface area contributed by atoms with Gasteiger partial charge in [0.2, 0.25) is 0 Å². The lowest BCUT2D eigenvalue weighted by atomic mass is 10.8. The fraction of sp³-hybridized carbons (Fsp3) is 1.00. The third-order valence-corrected chi connectivity index (χ3v) is 0.524. The quantitative estimate of drug-likeness (QED) is 0.240. The van der Waals surface area contributed by atoms with E-state index in [1.807, 2.05) is 0 Å². The van der Waals surface area contributed by atoms with Gasteiger partial charge in [0.25, 0.3) is 0 Å². The summed E-state index contributed by atoms with van der Waals surface area (Å²) >= 11 is 0. The molecule has 0 aromatic carbocycles. The molecule has 1 unspecified atom stereocenters. The summed E-state index contributed by atoms with van der Waals surface area (Å²) in [5.74, 6) is 0. The summed E-state index contributed by atoms with van der Waals surface area (Å²) < 4.78 is 13.3. The molecule has 0 saturated carbocycles. The lowest BCUT2D eigenvalue weighted by Crippen LogP contribution is -1.95. The maximum absolute atomic E-state index is 9.59. The van der Waals surface area contributed by atoms with Gasteiger partial charge in [-0.15, -0.1) is 4.89 Å². The second-order valence-electron chi connectivity index (χ2n) is 0.858. The zero-order valence-corrected chi connectivity index (χ0v) is 4.88. The zero-order chi connectivity index (χ0) is 6.41. The summed E-state index contributed by atoms with van der Waals surface area (Å²) in [5, 5.41) is 8.00. The SMILES string of the molecule is O=[P+](O)OOCCO. The minimum Gasteiger partial charge on any atom is -0.394 e. The van der Waals surface area contributed by atoms with E-state index in [4.69, 9.17) is 10.00 Å².